The fourth-order valence-electron chi connectivity index (χ4n) is 2.36. The Kier molecular flexibility index (Phi) is 5.83. The van der Waals surface area contributed by atoms with E-state index in [9.17, 15) is 5.11 Å². The van der Waals surface area contributed by atoms with Crippen LogP contribution in [0.4, 0.5) is 0 Å². The summed E-state index contributed by atoms with van der Waals surface area (Å²) in [5.74, 6) is 0.415. The topological polar surface area (TPSA) is 114 Å². The lowest BCUT2D eigenvalue weighted by molar-refractivity contribution is -0.161. The Morgan fingerprint density at radius 3 is 2.82 bits per heavy atom. The maximum atomic E-state index is 9.41. The molecule has 0 saturated carbocycles. The molecule has 0 aromatic rings. The van der Waals surface area contributed by atoms with E-state index in [4.69, 9.17) is 19.9 Å². The molecule has 2 aliphatic heterocycles. The number of nitrogens with two attached hydrogens (primary N) is 1. The standard InChI is InChI=1S/C13H23N5O4/c1-8(21-3)13(22-9(4-19)5-20-2)18-7-17-10-11(14)15-6-16-12(10)18/h6-10,12-13,19H,4-5H2,1-3H3,(H2,14,15,16)/t8-,9?,10?,12?,13+/m0/s1. The van der Waals surface area contributed by atoms with Crippen LogP contribution in [0, 0.1) is 0 Å². The molecular formula is C13H23N5O4. The van der Waals surface area contributed by atoms with Crippen LogP contribution in [0.1, 0.15) is 6.92 Å². The average molecular weight is 313 g/mol. The van der Waals surface area contributed by atoms with Gasteiger partial charge in [0, 0.05) is 14.2 Å². The molecule has 9 heteroatoms. The molecule has 0 spiro atoms. The summed E-state index contributed by atoms with van der Waals surface area (Å²) in [6.07, 6.45) is 1.51. The maximum Gasteiger partial charge on any atom is 0.159 e. The van der Waals surface area contributed by atoms with E-state index in [0.29, 0.717) is 5.84 Å². The minimum Gasteiger partial charge on any atom is -0.394 e. The number of methoxy groups -OCH3 is 2. The molecule has 3 N–H and O–H groups in total. The van der Waals surface area contributed by atoms with Crippen molar-refractivity contribution >= 4 is 18.5 Å². The van der Waals surface area contributed by atoms with Crippen LogP contribution in [0.25, 0.3) is 0 Å². The number of rotatable bonds is 8. The van der Waals surface area contributed by atoms with Crippen molar-refractivity contribution in [3.63, 3.8) is 0 Å². The Morgan fingerprint density at radius 1 is 1.41 bits per heavy atom. The second kappa shape index (κ2) is 7.63. The lowest BCUT2D eigenvalue weighted by Crippen LogP contribution is -2.53. The fraction of sp³-hybridized carbons (Fsp3) is 0.769. The molecule has 0 amide bonds. The fourth-order valence-corrected chi connectivity index (χ4v) is 2.36. The minimum atomic E-state index is -0.487. The summed E-state index contributed by atoms with van der Waals surface area (Å²) in [6.45, 7) is 1.99. The van der Waals surface area contributed by atoms with Gasteiger partial charge in [0.25, 0.3) is 0 Å². The van der Waals surface area contributed by atoms with Gasteiger partial charge in [-0.15, -0.1) is 0 Å². The third-order valence-corrected chi connectivity index (χ3v) is 3.63. The van der Waals surface area contributed by atoms with Gasteiger partial charge < -0.3 is 30.0 Å². The van der Waals surface area contributed by atoms with Crippen LogP contribution in [-0.2, 0) is 14.2 Å². The highest BCUT2D eigenvalue weighted by Gasteiger charge is 2.41. The van der Waals surface area contributed by atoms with Crippen molar-refractivity contribution in [2.45, 2.75) is 37.6 Å². The Labute approximate surface area is 129 Å². The van der Waals surface area contributed by atoms with Crippen molar-refractivity contribution in [2.75, 3.05) is 27.4 Å². The van der Waals surface area contributed by atoms with Crippen LogP contribution in [0.2, 0.25) is 0 Å². The second-order valence-corrected chi connectivity index (χ2v) is 5.12. The molecule has 0 radical (unpaired) electrons. The van der Waals surface area contributed by atoms with Crippen LogP contribution in [0.5, 0.6) is 0 Å². The summed E-state index contributed by atoms with van der Waals surface area (Å²) in [5, 5.41) is 9.41. The van der Waals surface area contributed by atoms with Gasteiger partial charge in [0.05, 0.1) is 25.7 Å². The highest BCUT2D eigenvalue weighted by atomic mass is 16.6. The Balaban J connectivity index is 2.14. The molecule has 2 rings (SSSR count). The third-order valence-electron chi connectivity index (χ3n) is 3.63. The molecule has 0 aliphatic carbocycles. The first kappa shape index (κ1) is 16.8. The molecule has 22 heavy (non-hydrogen) atoms. The van der Waals surface area contributed by atoms with Crippen molar-refractivity contribution in [1.29, 1.82) is 0 Å². The van der Waals surface area contributed by atoms with Gasteiger partial charge in [-0.25, -0.2) is 9.98 Å². The molecule has 0 saturated heterocycles. The molecule has 2 aliphatic rings. The van der Waals surface area contributed by atoms with E-state index < -0.39 is 12.3 Å². The van der Waals surface area contributed by atoms with Crippen LogP contribution < -0.4 is 5.73 Å². The van der Waals surface area contributed by atoms with E-state index in [-0.39, 0.29) is 31.5 Å². The smallest absolute Gasteiger partial charge is 0.159 e. The summed E-state index contributed by atoms with van der Waals surface area (Å²) < 4.78 is 16.4. The number of aliphatic imine (C=N–C) groups is 3. The van der Waals surface area contributed by atoms with Gasteiger partial charge in [-0.05, 0) is 6.92 Å². The van der Waals surface area contributed by atoms with E-state index in [0.717, 1.165) is 0 Å². The van der Waals surface area contributed by atoms with E-state index in [2.05, 4.69) is 15.0 Å². The molecule has 124 valence electrons. The highest BCUT2D eigenvalue weighted by Crippen LogP contribution is 2.24. The number of ether oxygens (including phenoxy) is 3. The van der Waals surface area contributed by atoms with Crippen LogP contribution in [0.3, 0.4) is 0 Å². The van der Waals surface area contributed by atoms with Gasteiger partial charge in [0.1, 0.15) is 24.3 Å². The Bertz CT molecular complexity index is 456. The molecule has 2 heterocycles. The van der Waals surface area contributed by atoms with E-state index >= 15 is 0 Å². The number of aliphatic hydroxyl groups is 1. The summed E-state index contributed by atoms with van der Waals surface area (Å²) >= 11 is 0. The van der Waals surface area contributed by atoms with Gasteiger partial charge in [-0.2, -0.15) is 0 Å². The van der Waals surface area contributed by atoms with Crippen LogP contribution >= 0.6 is 0 Å². The number of aliphatic hydroxyl groups excluding tert-OH is 1. The largest absolute Gasteiger partial charge is 0.394 e. The van der Waals surface area contributed by atoms with Crippen molar-refractivity contribution in [3.8, 4) is 0 Å². The lowest BCUT2D eigenvalue weighted by atomic mass is 10.2. The normalized spacial score (nSPS) is 27.5. The van der Waals surface area contributed by atoms with Crippen LogP contribution in [-0.4, -0.2) is 86.6 Å². The summed E-state index contributed by atoms with van der Waals surface area (Å²) in [4.78, 5) is 14.5. The molecule has 0 fully saturated rings. The minimum absolute atomic E-state index is 0.160. The van der Waals surface area contributed by atoms with Crippen molar-refractivity contribution in [3.05, 3.63) is 0 Å². The van der Waals surface area contributed by atoms with Gasteiger partial charge in [0.15, 0.2) is 12.4 Å². The SMILES string of the molecule is COCC(CO)O[C@H]([C@H](C)OC)N1C=NC2C(N)=NC=NC21. The van der Waals surface area contributed by atoms with Gasteiger partial charge in [0.2, 0.25) is 0 Å². The molecule has 0 aromatic heterocycles. The van der Waals surface area contributed by atoms with Crippen LogP contribution in [0.15, 0.2) is 15.0 Å². The Morgan fingerprint density at radius 2 is 2.18 bits per heavy atom. The van der Waals surface area contributed by atoms with Crippen molar-refractivity contribution < 1.29 is 19.3 Å². The molecular weight excluding hydrogens is 290 g/mol. The first-order chi connectivity index (χ1) is 10.6. The predicted octanol–water partition coefficient (Wildman–Crippen LogP) is -1.19. The number of amidine groups is 1. The molecule has 0 aromatic carbocycles. The molecule has 0 bridgehead atoms. The van der Waals surface area contributed by atoms with Crippen molar-refractivity contribution in [2.24, 2.45) is 20.7 Å². The quantitative estimate of drug-likeness (QED) is 0.582. The molecule has 5 atom stereocenters. The molecule has 9 nitrogen and oxygen atoms in total. The second-order valence-electron chi connectivity index (χ2n) is 5.12. The zero-order chi connectivity index (χ0) is 16.1. The number of hydrogen-bond donors (Lipinski definition) is 2. The first-order valence-corrected chi connectivity index (χ1v) is 7.06. The van der Waals surface area contributed by atoms with Gasteiger partial charge in [-0.1, -0.05) is 0 Å². The van der Waals surface area contributed by atoms with E-state index in [1.165, 1.54) is 6.34 Å². The number of hydrogen-bond acceptors (Lipinski definition) is 9. The number of nitrogens with zero attached hydrogens (tertiary/aromatic N) is 4. The molecule has 3 unspecified atom stereocenters. The van der Waals surface area contributed by atoms with E-state index in [1.807, 2.05) is 11.8 Å². The zero-order valence-electron chi connectivity index (χ0n) is 13.0. The highest BCUT2D eigenvalue weighted by molar-refractivity contribution is 5.96. The third kappa shape index (κ3) is 3.43. The number of fused-ring (bicyclic) bond motifs is 1. The summed E-state index contributed by atoms with van der Waals surface area (Å²) in [7, 11) is 3.15. The summed E-state index contributed by atoms with van der Waals surface area (Å²) in [5.41, 5.74) is 5.85. The maximum absolute atomic E-state index is 9.41. The first-order valence-electron chi connectivity index (χ1n) is 7.06. The van der Waals surface area contributed by atoms with Crippen molar-refractivity contribution in [1.82, 2.24) is 4.90 Å². The zero-order valence-corrected chi connectivity index (χ0v) is 13.0. The van der Waals surface area contributed by atoms with Gasteiger partial charge in [-0.3, -0.25) is 4.99 Å². The van der Waals surface area contributed by atoms with E-state index in [1.54, 1.807) is 20.6 Å². The summed E-state index contributed by atoms with van der Waals surface area (Å²) in [6, 6.07) is -0.324. The van der Waals surface area contributed by atoms with Gasteiger partial charge >= 0.3 is 0 Å². The monoisotopic (exact) mass is 313 g/mol. The average Bonchev–Trinajstić information content (AvgIpc) is 2.96. The lowest BCUT2D eigenvalue weighted by Gasteiger charge is -2.37. The Hall–Kier alpha value is -1.55. The predicted molar refractivity (Wildman–Crippen MR) is 82.1 cm³/mol.